The van der Waals surface area contributed by atoms with Crippen LogP contribution >= 0.6 is 11.6 Å². The lowest BCUT2D eigenvalue weighted by atomic mass is 10.0. The molecule has 0 saturated carbocycles. The van der Waals surface area contributed by atoms with Gasteiger partial charge in [0.15, 0.2) is 0 Å². The Hall–Kier alpha value is -4.23. The third kappa shape index (κ3) is 7.99. The first kappa shape index (κ1) is 30.2. The Morgan fingerprint density at radius 3 is 2.07 bits per heavy atom. The minimum atomic E-state index is -0.0492. The first-order valence-corrected chi connectivity index (χ1v) is 15.1. The van der Waals surface area contributed by atoms with E-state index < -0.39 is 0 Å². The summed E-state index contributed by atoms with van der Waals surface area (Å²) in [6, 6.07) is 21.6. The number of carbonyl (C=O) groups is 2. The second kappa shape index (κ2) is 14.3. The van der Waals surface area contributed by atoms with Gasteiger partial charge in [0.1, 0.15) is 29.5 Å². The molecule has 0 aliphatic carbocycles. The molecule has 2 aliphatic rings. The lowest BCUT2D eigenvalue weighted by molar-refractivity contribution is -0.128. The van der Waals surface area contributed by atoms with Crippen molar-refractivity contribution in [2.75, 3.05) is 33.3 Å². The third-order valence-electron chi connectivity index (χ3n) is 7.91. The average molecular weight is 601 g/mol. The first-order valence-electron chi connectivity index (χ1n) is 14.7. The van der Waals surface area contributed by atoms with Gasteiger partial charge < -0.3 is 24.0 Å². The zero-order valence-corrected chi connectivity index (χ0v) is 25.2. The summed E-state index contributed by atoms with van der Waals surface area (Å²) in [4.78, 5) is 28.3. The maximum Gasteiger partial charge on any atom is 0.246 e. The van der Waals surface area contributed by atoms with Gasteiger partial charge in [-0.25, -0.2) is 0 Å². The molecule has 5 rings (SSSR count). The van der Waals surface area contributed by atoms with Crippen molar-refractivity contribution in [3.8, 4) is 28.4 Å². The van der Waals surface area contributed by atoms with Gasteiger partial charge in [-0.05, 0) is 65.2 Å². The normalized spacial score (nSPS) is 16.2. The molecule has 0 atom stereocenters. The number of methoxy groups -OCH3 is 1. The second-order valence-corrected chi connectivity index (χ2v) is 11.2. The van der Waals surface area contributed by atoms with Crippen molar-refractivity contribution < 1.29 is 23.8 Å². The Morgan fingerprint density at radius 2 is 1.44 bits per heavy atom. The summed E-state index contributed by atoms with van der Waals surface area (Å²) in [6.07, 6.45) is 7.79. The molecule has 2 fully saturated rings. The van der Waals surface area contributed by atoms with Crippen molar-refractivity contribution in [3.05, 3.63) is 96.0 Å². The van der Waals surface area contributed by atoms with Crippen LogP contribution in [0.4, 0.5) is 0 Å². The molecule has 2 saturated heterocycles. The van der Waals surface area contributed by atoms with Gasteiger partial charge in [-0.15, -0.1) is 0 Å². The van der Waals surface area contributed by atoms with Gasteiger partial charge in [-0.2, -0.15) is 0 Å². The predicted molar refractivity (Wildman–Crippen MR) is 170 cm³/mol. The van der Waals surface area contributed by atoms with Crippen LogP contribution in [-0.4, -0.2) is 67.1 Å². The summed E-state index contributed by atoms with van der Waals surface area (Å²) in [5, 5.41) is 0.494. The van der Waals surface area contributed by atoms with Gasteiger partial charge >= 0.3 is 0 Å². The number of hydrogen-bond donors (Lipinski definition) is 0. The number of nitrogens with zero attached hydrogens (tertiary/aromatic N) is 2. The SMILES string of the molecule is C=CC(=O)N1CCC(Oc2ccc(/C=C/C(=O)N3CCC(Oc4cccc(-c5ccc(OC)cc5)c4)CC3)cc2Cl)CC1. The molecule has 0 spiro atoms. The Balaban J connectivity index is 1.08. The fourth-order valence-corrected chi connectivity index (χ4v) is 5.64. The number of hydrogen-bond acceptors (Lipinski definition) is 5. The standard InChI is InChI=1S/C35H37ClN2O5/c1-3-34(39)37-19-17-30(18-20-37)43-33-13-7-25(23-32(33)36)8-14-35(40)38-21-15-29(16-22-38)42-31-6-4-5-27(24-31)26-9-11-28(41-2)12-10-26/h3-14,23-24,29-30H,1,15-22H2,2H3/b14-8+. The van der Waals surface area contributed by atoms with Crippen molar-refractivity contribution in [3.63, 3.8) is 0 Å². The Morgan fingerprint density at radius 1 is 0.791 bits per heavy atom. The number of ether oxygens (including phenoxy) is 3. The van der Waals surface area contributed by atoms with Crippen LogP contribution in [0.15, 0.2) is 85.5 Å². The molecule has 0 bridgehead atoms. The van der Waals surface area contributed by atoms with Crippen molar-refractivity contribution in [1.82, 2.24) is 9.80 Å². The van der Waals surface area contributed by atoms with Crippen LogP contribution in [-0.2, 0) is 9.59 Å². The largest absolute Gasteiger partial charge is 0.497 e. The maximum absolute atomic E-state index is 12.9. The lowest BCUT2D eigenvalue weighted by Gasteiger charge is -2.31. The molecule has 2 aliphatic heterocycles. The molecular weight excluding hydrogens is 564 g/mol. The minimum Gasteiger partial charge on any atom is -0.497 e. The quantitative estimate of drug-likeness (QED) is 0.257. The van der Waals surface area contributed by atoms with Crippen molar-refractivity contribution in [2.24, 2.45) is 0 Å². The van der Waals surface area contributed by atoms with Gasteiger partial charge in [0.05, 0.1) is 12.1 Å². The van der Waals surface area contributed by atoms with E-state index in [1.807, 2.05) is 53.4 Å². The highest BCUT2D eigenvalue weighted by Gasteiger charge is 2.24. The molecule has 43 heavy (non-hydrogen) atoms. The highest BCUT2D eigenvalue weighted by atomic mass is 35.5. The molecule has 7 nitrogen and oxygen atoms in total. The predicted octanol–water partition coefficient (Wildman–Crippen LogP) is 6.65. The number of likely N-dealkylation sites (tertiary alicyclic amines) is 2. The van der Waals surface area contributed by atoms with Crippen LogP contribution in [0, 0.1) is 0 Å². The number of amides is 2. The summed E-state index contributed by atoms with van der Waals surface area (Å²) in [6.45, 7) is 6.09. The van der Waals surface area contributed by atoms with Crippen LogP contribution in [0.5, 0.6) is 17.2 Å². The summed E-state index contributed by atoms with van der Waals surface area (Å²) in [5.74, 6) is 2.18. The molecule has 0 aromatic heterocycles. The van der Waals surface area contributed by atoms with E-state index in [2.05, 4.69) is 18.7 Å². The molecule has 3 aromatic carbocycles. The van der Waals surface area contributed by atoms with Crippen LogP contribution < -0.4 is 14.2 Å². The van der Waals surface area contributed by atoms with E-state index in [0.29, 0.717) is 37.0 Å². The lowest BCUT2D eigenvalue weighted by Crippen LogP contribution is -2.41. The molecule has 8 heteroatoms. The number of piperidine rings is 2. The Labute approximate surface area is 258 Å². The van der Waals surface area contributed by atoms with Crippen LogP contribution in [0.1, 0.15) is 31.2 Å². The van der Waals surface area contributed by atoms with Gasteiger partial charge in [-0.1, -0.05) is 48.5 Å². The molecule has 0 unspecified atom stereocenters. The monoisotopic (exact) mass is 600 g/mol. The first-order chi connectivity index (χ1) is 20.9. The van der Waals surface area contributed by atoms with E-state index in [4.69, 9.17) is 25.8 Å². The summed E-state index contributed by atoms with van der Waals surface area (Å²) in [7, 11) is 1.66. The number of carbonyl (C=O) groups excluding carboxylic acids is 2. The molecular formula is C35H37ClN2O5. The molecule has 3 aromatic rings. The van der Waals surface area contributed by atoms with Crippen LogP contribution in [0.2, 0.25) is 5.02 Å². The second-order valence-electron chi connectivity index (χ2n) is 10.8. The van der Waals surface area contributed by atoms with E-state index >= 15 is 0 Å². The Kier molecular flexibility index (Phi) is 10.1. The van der Waals surface area contributed by atoms with E-state index in [0.717, 1.165) is 53.9 Å². The highest BCUT2D eigenvalue weighted by molar-refractivity contribution is 6.32. The Bertz CT molecular complexity index is 1460. The van der Waals surface area contributed by atoms with Crippen molar-refractivity contribution in [2.45, 2.75) is 37.9 Å². The fourth-order valence-electron chi connectivity index (χ4n) is 5.41. The topological polar surface area (TPSA) is 68.3 Å². The molecule has 0 N–H and O–H groups in total. The average Bonchev–Trinajstić information content (AvgIpc) is 3.05. The zero-order chi connectivity index (χ0) is 30.2. The molecule has 224 valence electrons. The van der Waals surface area contributed by atoms with Crippen LogP contribution in [0.25, 0.3) is 17.2 Å². The van der Waals surface area contributed by atoms with E-state index in [1.165, 1.54) is 6.08 Å². The van der Waals surface area contributed by atoms with E-state index in [1.54, 1.807) is 30.2 Å². The molecule has 2 amide bonds. The van der Waals surface area contributed by atoms with E-state index in [9.17, 15) is 9.59 Å². The number of benzene rings is 3. The maximum atomic E-state index is 12.9. The molecule has 0 radical (unpaired) electrons. The van der Waals surface area contributed by atoms with E-state index in [-0.39, 0.29) is 24.0 Å². The molecule has 2 heterocycles. The number of rotatable bonds is 9. The third-order valence-corrected chi connectivity index (χ3v) is 8.21. The number of halogens is 1. The van der Waals surface area contributed by atoms with Gasteiger partial charge in [0, 0.05) is 57.9 Å². The van der Waals surface area contributed by atoms with Crippen molar-refractivity contribution >= 4 is 29.5 Å². The van der Waals surface area contributed by atoms with Gasteiger partial charge in [0.25, 0.3) is 0 Å². The minimum absolute atomic E-state index is 0.00123. The summed E-state index contributed by atoms with van der Waals surface area (Å²) in [5.41, 5.74) is 3.01. The smallest absolute Gasteiger partial charge is 0.246 e. The van der Waals surface area contributed by atoms with Gasteiger partial charge in [-0.3, -0.25) is 9.59 Å². The summed E-state index contributed by atoms with van der Waals surface area (Å²) >= 11 is 6.50. The highest BCUT2D eigenvalue weighted by Crippen LogP contribution is 2.30. The zero-order valence-electron chi connectivity index (χ0n) is 24.4. The fraction of sp³-hybridized carbons (Fsp3) is 0.314. The van der Waals surface area contributed by atoms with Crippen molar-refractivity contribution in [1.29, 1.82) is 0 Å². The van der Waals surface area contributed by atoms with Crippen LogP contribution in [0.3, 0.4) is 0 Å². The van der Waals surface area contributed by atoms with Gasteiger partial charge in [0.2, 0.25) is 11.8 Å². The summed E-state index contributed by atoms with van der Waals surface area (Å²) < 4.78 is 17.7.